The van der Waals surface area contributed by atoms with E-state index in [2.05, 4.69) is 55.5 Å². The van der Waals surface area contributed by atoms with Gasteiger partial charge in [0.25, 0.3) is 0 Å². The Balaban J connectivity index is 1.83. The first-order valence-corrected chi connectivity index (χ1v) is 9.09. The molecule has 1 N–H and O–H groups in total. The van der Waals surface area contributed by atoms with Gasteiger partial charge in [-0.25, -0.2) is 0 Å². The average Bonchev–Trinajstić information content (AvgIpc) is 2.60. The molecule has 2 aromatic carbocycles. The van der Waals surface area contributed by atoms with Gasteiger partial charge in [-0.15, -0.1) is 0 Å². The summed E-state index contributed by atoms with van der Waals surface area (Å²) < 4.78 is 0. The van der Waals surface area contributed by atoms with Crippen molar-refractivity contribution in [3.05, 3.63) is 59.7 Å². The van der Waals surface area contributed by atoms with Crippen LogP contribution in [0.15, 0.2) is 48.5 Å². The predicted molar refractivity (Wildman–Crippen MR) is 100 cm³/mol. The monoisotopic (exact) mass is 324 g/mol. The van der Waals surface area contributed by atoms with Crippen LogP contribution < -0.4 is 0 Å². The molecule has 0 spiro atoms. The van der Waals surface area contributed by atoms with Crippen molar-refractivity contribution < 1.29 is 9.90 Å². The topological polar surface area (TPSA) is 37.3 Å². The summed E-state index contributed by atoms with van der Waals surface area (Å²) in [4.78, 5) is 10.5. The molecule has 0 fully saturated rings. The van der Waals surface area contributed by atoms with Crippen molar-refractivity contribution in [3.63, 3.8) is 0 Å². The Labute approximate surface area is 145 Å². The minimum absolute atomic E-state index is 0.285. The van der Waals surface area contributed by atoms with Crippen LogP contribution in [-0.4, -0.2) is 11.1 Å². The van der Waals surface area contributed by atoms with E-state index in [1.807, 2.05) is 0 Å². The zero-order valence-electron chi connectivity index (χ0n) is 14.6. The quantitative estimate of drug-likeness (QED) is 0.554. The van der Waals surface area contributed by atoms with Crippen molar-refractivity contribution in [1.82, 2.24) is 0 Å². The van der Waals surface area contributed by atoms with Gasteiger partial charge in [0.1, 0.15) is 0 Å². The maximum atomic E-state index is 10.5. The molecule has 0 aliphatic heterocycles. The molecule has 0 bridgehead atoms. The molecule has 0 aliphatic rings. The number of carboxylic acid groups (broad SMARTS) is 1. The molecule has 0 aliphatic carbocycles. The first-order valence-electron chi connectivity index (χ1n) is 9.09. The van der Waals surface area contributed by atoms with Gasteiger partial charge in [-0.1, -0.05) is 68.3 Å². The summed E-state index contributed by atoms with van der Waals surface area (Å²) in [5, 5.41) is 8.63. The minimum Gasteiger partial charge on any atom is -0.481 e. The molecule has 0 saturated carbocycles. The highest BCUT2D eigenvalue weighted by atomic mass is 16.4. The number of rotatable bonds is 10. The fourth-order valence-corrected chi connectivity index (χ4v) is 2.89. The normalized spacial score (nSPS) is 10.7. The van der Waals surface area contributed by atoms with E-state index in [4.69, 9.17) is 5.11 Å². The highest BCUT2D eigenvalue weighted by molar-refractivity contribution is 5.66. The van der Waals surface area contributed by atoms with E-state index in [0.29, 0.717) is 0 Å². The molecule has 0 unspecified atom stereocenters. The van der Waals surface area contributed by atoms with E-state index in [9.17, 15) is 4.79 Å². The third-order valence-corrected chi connectivity index (χ3v) is 4.42. The summed E-state index contributed by atoms with van der Waals surface area (Å²) in [5.74, 6) is -0.694. The Morgan fingerprint density at radius 2 is 1.25 bits per heavy atom. The molecule has 2 heteroatoms. The number of hydrogen-bond donors (Lipinski definition) is 1. The van der Waals surface area contributed by atoms with E-state index >= 15 is 0 Å². The fraction of sp³-hybridized carbons (Fsp3) is 0.409. The Kier molecular flexibility index (Phi) is 7.54. The van der Waals surface area contributed by atoms with E-state index in [0.717, 1.165) is 32.1 Å². The second-order valence-corrected chi connectivity index (χ2v) is 6.45. The van der Waals surface area contributed by atoms with Crippen molar-refractivity contribution >= 4 is 5.97 Å². The lowest BCUT2D eigenvalue weighted by molar-refractivity contribution is -0.137. The first-order chi connectivity index (χ1) is 11.7. The Morgan fingerprint density at radius 1 is 0.750 bits per heavy atom. The lowest BCUT2D eigenvalue weighted by Gasteiger charge is -2.06. The Morgan fingerprint density at radius 3 is 1.71 bits per heavy atom. The highest BCUT2D eigenvalue weighted by Gasteiger charge is 2.01. The van der Waals surface area contributed by atoms with Gasteiger partial charge >= 0.3 is 5.97 Å². The smallest absolute Gasteiger partial charge is 0.303 e. The van der Waals surface area contributed by atoms with Crippen LogP contribution in [0.3, 0.4) is 0 Å². The minimum atomic E-state index is -0.694. The number of aliphatic carboxylic acids is 1. The van der Waals surface area contributed by atoms with Crippen molar-refractivity contribution in [2.75, 3.05) is 0 Å². The van der Waals surface area contributed by atoms with E-state index < -0.39 is 5.97 Å². The zero-order chi connectivity index (χ0) is 17.2. The molecule has 2 aromatic rings. The lowest BCUT2D eigenvalue weighted by atomic mass is 9.99. The van der Waals surface area contributed by atoms with Crippen LogP contribution >= 0.6 is 0 Å². The molecule has 0 saturated heterocycles. The van der Waals surface area contributed by atoms with Crippen molar-refractivity contribution in [2.24, 2.45) is 0 Å². The third-order valence-electron chi connectivity index (χ3n) is 4.42. The second-order valence-electron chi connectivity index (χ2n) is 6.45. The van der Waals surface area contributed by atoms with Crippen molar-refractivity contribution in [1.29, 1.82) is 0 Å². The number of aryl methyl sites for hydroxylation is 2. The molecular formula is C22H28O2. The SMILES string of the molecule is CCCCc1ccc(-c2ccc(CCCCCC(=O)O)cc2)cc1. The van der Waals surface area contributed by atoms with Gasteiger partial charge < -0.3 is 5.11 Å². The van der Waals surface area contributed by atoms with Gasteiger partial charge in [0.15, 0.2) is 0 Å². The van der Waals surface area contributed by atoms with E-state index in [-0.39, 0.29) is 6.42 Å². The van der Waals surface area contributed by atoms with Crippen LogP contribution in [0.1, 0.15) is 56.6 Å². The zero-order valence-corrected chi connectivity index (χ0v) is 14.6. The number of carboxylic acids is 1. The second kappa shape index (κ2) is 9.92. The maximum Gasteiger partial charge on any atom is 0.303 e. The van der Waals surface area contributed by atoms with E-state index in [1.54, 1.807) is 0 Å². The largest absolute Gasteiger partial charge is 0.481 e. The van der Waals surface area contributed by atoms with Gasteiger partial charge in [0.2, 0.25) is 0 Å². The number of unbranched alkanes of at least 4 members (excludes halogenated alkanes) is 3. The molecule has 0 atom stereocenters. The van der Waals surface area contributed by atoms with Gasteiger partial charge in [-0.3, -0.25) is 4.79 Å². The number of benzene rings is 2. The summed E-state index contributed by atoms with van der Waals surface area (Å²) in [6.07, 6.45) is 7.77. The summed E-state index contributed by atoms with van der Waals surface area (Å²) in [7, 11) is 0. The molecule has 0 amide bonds. The van der Waals surface area contributed by atoms with Gasteiger partial charge in [-0.2, -0.15) is 0 Å². The highest BCUT2D eigenvalue weighted by Crippen LogP contribution is 2.21. The standard InChI is InChI=1S/C22H28O2/c1-2-3-7-18-10-14-20(15-11-18)21-16-12-19(13-17-21)8-5-4-6-9-22(23)24/h10-17H,2-9H2,1H3,(H,23,24). The Bertz CT molecular complexity index is 611. The number of carbonyl (C=O) groups is 1. The van der Waals surface area contributed by atoms with E-state index in [1.165, 1.54) is 35.1 Å². The van der Waals surface area contributed by atoms with Crippen LogP contribution in [0.2, 0.25) is 0 Å². The molecule has 0 aromatic heterocycles. The van der Waals surface area contributed by atoms with Crippen LogP contribution in [-0.2, 0) is 17.6 Å². The maximum absolute atomic E-state index is 10.5. The average molecular weight is 324 g/mol. The van der Waals surface area contributed by atoms with Gasteiger partial charge in [-0.05, 0) is 54.4 Å². The Hall–Kier alpha value is -2.09. The fourth-order valence-electron chi connectivity index (χ4n) is 2.89. The molecule has 2 rings (SSSR count). The molecule has 2 nitrogen and oxygen atoms in total. The molecular weight excluding hydrogens is 296 g/mol. The number of hydrogen-bond acceptors (Lipinski definition) is 1. The molecule has 128 valence electrons. The van der Waals surface area contributed by atoms with Crippen LogP contribution in [0.25, 0.3) is 11.1 Å². The predicted octanol–water partition coefficient (Wildman–Crippen LogP) is 5.88. The van der Waals surface area contributed by atoms with Crippen molar-refractivity contribution in [3.8, 4) is 11.1 Å². The molecule has 24 heavy (non-hydrogen) atoms. The summed E-state index contributed by atoms with van der Waals surface area (Å²) in [6, 6.07) is 17.7. The summed E-state index contributed by atoms with van der Waals surface area (Å²) in [5.41, 5.74) is 5.27. The molecule has 0 heterocycles. The van der Waals surface area contributed by atoms with Crippen LogP contribution in [0.4, 0.5) is 0 Å². The van der Waals surface area contributed by atoms with Crippen molar-refractivity contribution in [2.45, 2.75) is 58.3 Å². The molecule has 0 radical (unpaired) electrons. The van der Waals surface area contributed by atoms with Gasteiger partial charge in [0, 0.05) is 6.42 Å². The summed E-state index contributed by atoms with van der Waals surface area (Å²) >= 11 is 0. The van der Waals surface area contributed by atoms with Crippen LogP contribution in [0.5, 0.6) is 0 Å². The van der Waals surface area contributed by atoms with Gasteiger partial charge in [0.05, 0.1) is 0 Å². The summed E-state index contributed by atoms with van der Waals surface area (Å²) in [6.45, 7) is 2.22. The lowest BCUT2D eigenvalue weighted by Crippen LogP contribution is -1.94. The third kappa shape index (κ3) is 6.19. The first kappa shape index (κ1) is 18.3. The van der Waals surface area contributed by atoms with Crippen LogP contribution in [0, 0.1) is 0 Å².